The molecule has 2 heteroatoms. The van der Waals surface area contributed by atoms with E-state index < -0.39 is 0 Å². The number of nitrogens with zero attached hydrogens (tertiary/aromatic N) is 1. The van der Waals surface area contributed by atoms with Crippen LogP contribution >= 0.6 is 0 Å². The summed E-state index contributed by atoms with van der Waals surface area (Å²) < 4.78 is 0. The molecule has 0 aromatic heterocycles. The summed E-state index contributed by atoms with van der Waals surface area (Å²) in [4.78, 5) is 2.59. The van der Waals surface area contributed by atoms with Crippen LogP contribution in [0, 0.1) is 0 Å². The molecule has 2 nitrogen and oxygen atoms in total. The van der Waals surface area contributed by atoms with Crippen molar-refractivity contribution in [3.05, 3.63) is 12.7 Å². The fourth-order valence-corrected chi connectivity index (χ4v) is 3.33. The molecule has 0 aromatic rings. The Balaban J connectivity index is 2.73. The SMILES string of the molecule is C=CCCC(N)C1(N(CC)CC)CCCC1. The molecular weight excluding hydrogens is 196 g/mol. The van der Waals surface area contributed by atoms with Crippen LogP contribution in [0.1, 0.15) is 52.4 Å². The second-order valence-electron chi connectivity index (χ2n) is 4.96. The zero-order chi connectivity index (χ0) is 12.0. The summed E-state index contributed by atoms with van der Waals surface area (Å²) in [5.74, 6) is 0. The number of hydrogen-bond donors (Lipinski definition) is 1. The van der Waals surface area contributed by atoms with Crippen molar-refractivity contribution >= 4 is 0 Å². The Morgan fingerprint density at radius 2 is 1.88 bits per heavy atom. The van der Waals surface area contributed by atoms with Crippen molar-refractivity contribution in [1.29, 1.82) is 0 Å². The van der Waals surface area contributed by atoms with Crippen molar-refractivity contribution < 1.29 is 0 Å². The third kappa shape index (κ3) is 2.67. The lowest BCUT2D eigenvalue weighted by Crippen LogP contribution is -2.58. The number of allylic oxidation sites excluding steroid dienone is 1. The molecule has 1 unspecified atom stereocenters. The lowest BCUT2D eigenvalue weighted by molar-refractivity contribution is 0.0745. The Labute approximate surface area is 101 Å². The Morgan fingerprint density at radius 1 is 1.31 bits per heavy atom. The minimum Gasteiger partial charge on any atom is -0.326 e. The highest BCUT2D eigenvalue weighted by molar-refractivity contribution is 5.02. The highest BCUT2D eigenvalue weighted by Crippen LogP contribution is 2.38. The lowest BCUT2D eigenvalue weighted by atomic mass is 9.84. The van der Waals surface area contributed by atoms with Gasteiger partial charge < -0.3 is 5.73 Å². The number of nitrogens with two attached hydrogens (primary N) is 1. The molecule has 0 aliphatic heterocycles. The molecule has 1 atom stereocenters. The number of likely N-dealkylation sites (N-methyl/N-ethyl adjacent to an activating group) is 1. The molecule has 1 aliphatic carbocycles. The predicted molar refractivity (Wildman–Crippen MR) is 71.5 cm³/mol. The van der Waals surface area contributed by atoms with E-state index in [1.54, 1.807) is 0 Å². The maximum absolute atomic E-state index is 6.46. The second-order valence-corrected chi connectivity index (χ2v) is 4.96. The van der Waals surface area contributed by atoms with E-state index in [0.29, 0.717) is 6.04 Å². The van der Waals surface area contributed by atoms with Crippen LogP contribution in [0.5, 0.6) is 0 Å². The third-order valence-corrected chi connectivity index (χ3v) is 4.23. The van der Waals surface area contributed by atoms with Gasteiger partial charge in [-0.1, -0.05) is 32.8 Å². The second kappa shape index (κ2) is 6.41. The van der Waals surface area contributed by atoms with E-state index in [1.165, 1.54) is 25.7 Å². The first kappa shape index (κ1) is 13.7. The average molecular weight is 224 g/mol. The average Bonchev–Trinajstić information content (AvgIpc) is 2.78. The van der Waals surface area contributed by atoms with Crippen molar-refractivity contribution in [2.45, 2.75) is 64.0 Å². The Hall–Kier alpha value is -0.340. The fraction of sp³-hybridized carbons (Fsp3) is 0.857. The molecule has 2 N–H and O–H groups in total. The van der Waals surface area contributed by atoms with Gasteiger partial charge in [0.2, 0.25) is 0 Å². The summed E-state index contributed by atoms with van der Waals surface area (Å²) in [6, 6.07) is 0.313. The Bertz CT molecular complexity index is 203. The van der Waals surface area contributed by atoms with E-state index in [9.17, 15) is 0 Å². The summed E-state index contributed by atoms with van der Waals surface area (Å²) in [7, 11) is 0. The largest absolute Gasteiger partial charge is 0.326 e. The van der Waals surface area contributed by atoms with Gasteiger partial charge in [-0.25, -0.2) is 0 Å². The van der Waals surface area contributed by atoms with Crippen LogP contribution in [0.15, 0.2) is 12.7 Å². The van der Waals surface area contributed by atoms with Gasteiger partial charge >= 0.3 is 0 Å². The van der Waals surface area contributed by atoms with Gasteiger partial charge in [-0.3, -0.25) is 4.90 Å². The maximum atomic E-state index is 6.46. The van der Waals surface area contributed by atoms with Gasteiger partial charge in [-0.2, -0.15) is 0 Å². The van der Waals surface area contributed by atoms with Gasteiger partial charge in [-0.15, -0.1) is 6.58 Å². The highest BCUT2D eigenvalue weighted by atomic mass is 15.2. The zero-order valence-electron chi connectivity index (χ0n) is 11.0. The molecule has 1 rings (SSSR count). The first-order chi connectivity index (χ1) is 7.71. The molecule has 94 valence electrons. The van der Waals surface area contributed by atoms with Crippen LogP contribution < -0.4 is 5.73 Å². The molecule has 0 radical (unpaired) electrons. The van der Waals surface area contributed by atoms with E-state index >= 15 is 0 Å². The third-order valence-electron chi connectivity index (χ3n) is 4.23. The molecular formula is C14H28N2. The van der Waals surface area contributed by atoms with Crippen molar-refractivity contribution in [1.82, 2.24) is 4.90 Å². The molecule has 0 heterocycles. The van der Waals surface area contributed by atoms with Crippen LogP contribution in [-0.2, 0) is 0 Å². The summed E-state index contributed by atoms with van der Waals surface area (Å²) in [6.45, 7) is 10.6. The molecule has 1 fully saturated rings. The lowest BCUT2D eigenvalue weighted by Gasteiger charge is -2.45. The Kier molecular flexibility index (Phi) is 5.50. The normalized spacial score (nSPS) is 21.2. The van der Waals surface area contributed by atoms with Crippen LogP contribution in [0.3, 0.4) is 0 Å². The molecule has 1 aliphatic rings. The number of rotatable bonds is 7. The number of hydrogen-bond acceptors (Lipinski definition) is 2. The smallest absolute Gasteiger partial charge is 0.0360 e. The summed E-state index contributed by atoms with van der Waals surface area (Å²) in [6.07, 6.45) is 9.38. The van der Waals surface area contributed by atoms with E-state index in [4.69, 9.17) is 5.73 Å². The Morgan fingerprint density at radius 3 is 2.31 bits per heavy atom. The van der Waals surface area contributed by atoms with Gasteiger partial charge in [0.15, 0.2) is 0 Å². The minimum atomic E-state index is 0.284. The van der Waals surface area contributed by atoms with Gasteiger partial charge in [0.05, 0.1) is 0 Å². The van der Waals surface area contributed by atoms with Gasteiger partial charge in [0.25, 0.3) is 0 Å². The molecule has 0 saturated heterocycles. The van der Waals surface area contributed by atoms with Gasteiger partial charge in [0, 0.05) is 11.6 Å². The van der Waals surface area contributed by atoms with E-state index in [2.05, 4.69) is 25.3 Å². The molecule has 1 saturated carbocycles. The van der Waals surface area contributed by atoms with E-state index in [-0.39, 0.29) is 5.54 Å². The quantitative estimate of drug-likeness (QED) is 0.674. The fourth-order valence-electron chi connectivity index (χ4n) is 3.33. The maximum Gasteiger partial charge on any atom is 0.0360 e. The molecule has 0 bridgehead atoms. The topological polar surface area (TPSA) is 29.3 Å². The van der Waals surface area contributed by atoms with Crippen molar-refractivity contribution in [3.8, 4) is 0 Å². The summed E-state index contributed by atoms with van der Waals surface area (Å²) in [5.41, 5.74) is 6.75. The standard InChI is InChI=1S/C14H28N2/c1-4-7-10-13(15)14(11-8-9-12-14)16(5-2)6-3/h4,13H,1,5-12,15H2,2-3H3. The van der Waals surface area contributed by atoms with Crippen molar-refractivity contribution in [3.63, 3.8) is 0 Å². The van der Waals surface area contributed by atoms with Crippen LogP contribution in [-0.4, -0.2) is 29.6 Å². The van der Waals surface area contributed by atoms with Gasteiger partial charge in [0.1, 0.15) is 0 Å². The summed E-state index contributed by atoms with van der Waals surface area (Å²) in [5, 5.41) is 0. The van der Waals surface area contributed by atoms with Crippen molar-refractivity contribution in [2.75, 3.05) is 13.1 Å². The first-order valence-corrected chi connectivity index (χ1v) is 6.82. The molecule has 16 heavy (non-hydrogen) atoms. The zero-order valence-corrected chi connectivity index (χ0v) is 11.0. The van der Waals surface area contributed by atoms with Crippen LogP contribution in [0.25, 0.3) is 0 Å². The first-order valence-electron chi connectivity index (χ1n) is 6.82. The van der Waals surface area contributed by atoms with E-state index in [1.807, 2.05) is 6.08 Å². The van der Waals surface area contributed by atoms with E-state index in [0.717, 1.165) is 25.9 Å². The minimum absolute atomic E-state index is 0.284. The van der Waals surface area contributed by atoms with Crippen LogP contribution in [0.4, 0.5) is 0 Å². The molecule has 0 amide bonds. The molecule has 0 aromatic carbocycles. The van der Waals surface area contributed by atoms with Crippen LogP contribution in [0.2, 0.25) is 0 Å². The van der Waals surface area contributed by atoms with Gasteiger partial charge in [-0.05, 0) is 38.8 Å². The summed E-state index contributed by atoms with van der Waals surface area (Å²) >= 11 is 0. The highest BCUT2D eigenvalue weighted by Gasteiger charge is 2.42. The van der Waals surface area contributed by atoms with Crippen molar-refractivity contribution in [2.24, 2.45) is 5.73 Å². The predicted octanol–water partition coefficient (Wildman–Crippen LogP) is 2.93. The molecule has 0 spiro atoms. The monoisotopic (exact) mass is 224 g/mol.